The molecular formula is C28H30Si2. The molecular weight excluding hydrogens is 392 g/mol. The normalized spacial score (nSPS) is 12.0. The minimum absolute atomic E-state index is 1.41. The summed E-state index contributed by atoms with van der Waals surface area (Å²) in [6.45, 7) is 9.90. The second-order valence-electron chi connectivity index (χ2n) is 9.07. The SMILES string of the molecule is C[Si](C)(c1ccccc1)c1ccccc1-c1ccccc1[Si](C)(C)c1ccccc1. The molecule has 0 saturated carbocycles. The zero-order valence-electron chi connectivity index (χ0n) is 18.4. The molecule has 0 spiro atoms. The van der Waals surface area contributed by atoms with E-state index in [0.717, 1.165) is 0 Å². The predicted molar refractivity (Wildman–Crippen MR) is 138 cm³/mol. The van der Waals surface area contributed by atoms with Gasteiger partial charge in [-0.3, -0.25) is 0 Å². The third kappa shape index (κ3) is 3.73. The van der Waals surface area contributed by atoms with E-state index in [9.17, 15) is 0 Å². The lowest BCUT2D eigenvalue weighted by Gasteiger charge is -2.30. The van der Waals surface area contributed by atoms with Gasteiger partial charge in [-0.15, -0.1) is 0 Å². The summed E-state index contributed by atoms with van der Waals surface area (Å²) in [5.41, 5.74) is 2.82. The van der Waals surface area contributed by atoms with Crippen molar-refractivity contribution in [2.75, 3.05) is 0 Å². The smallest absolute Gasteiger partial charge is 0.0626 e. The van der Waals surface area contributed by atoms with Crippen molar-refractivity contribution in [2.24, 2.45) is 0 Å². The van der Waals surface area contributed by atoms with E-state index in [0.29, 0.717) is 0 Å². The van der Waals surface area contributed by atoms with Crippen molar-refractivity contribution in [3.8, 4) is 11.1 Å². The van der Waals surface area contributed by atoms with Crippen LogP contribution in [0.3, 0.4) is 0 Å². The average Bonchev–Trinajstić information content (AvgIpc) is 2.80. The molecule has 0 nitrogen and oxygen atoms in total. The molecule has 4 aromatic carbocycles. The number of hydrogen-bond donors (Lipinski definition) is 0. The predicted octanol–water partition coefficient (Wildman–Crippen LogP) is 5.00. The zero-order chi connectivity index (χ0) is 21.2. The van der Waals surface area contributed by atoms with Crippen LogP contribution >= 0.6 is 0 Å². The molecule has 0 fully saturated rings. The fourth-order valence-corrected chi connectivity index (χ4v) is 10.0. The van der Waals surface area contributed by atoms with E-state index >= 15 is 0 Å². The summed E-state index contributed by atoms with van der Waals surface area (Å²) < 4.78 is 0. The van der Waals surface area contributed by atoms with Gasteiger partial charge in [-0.25, -0.2) is 0 Å². The highest BCUT2D eigenvalue weighted by atomic mass is 28.3. The summed E-state index contributed by atoms with van der Waals surface area (Å²) in [6.07, 6.45) is 0. The molecule has 0 bridgehead atoms. The first-order chi connectivity index (χ1) is 14.4. The largest absolute Gasteiger partial charge is 0.113 e. The zero-order valence-corrected chi connectivity index (χ0v) is 20.4. The van der Waals surface area contributed by atoms with E-state index in [1.807, 2.05) is 0 Å². The highest BCUT2D eigenvalue weighted by Crippen LogP contribution is 2.22. The molecule has 0 atom stereocenters. The molecule has 4 rings (SSSR count). The highest BCUT2D eigenvalue weighted by molar-refractivity contribution is 7.02. The lowest BCUT2D eigenvalue weighted by molar-refractivity contribution is 1.62. The van der Waals surface area contributed by atoms with Crippen LogP contribution in [0.25, 0.3) is 11.1 Å². The Kier molecular flexibility index (Phi) is 5.63. The molecule has 0 aromatic heterocycles. The van der Waals surface area contributed by atoms with Crippen LogP contribution in [-0.4, -0.2) is 16.1 Å². The van der Waals surface area contributed by atoms with Crippen LogP contribution in [0.4, 0.5) is 0 Å². The quantitative estimate of drug-likeness (QED) is 0.397. The number of hydrogen-bond acceptors (Lipinski definition) is 0. The molecule has 30 heavy (non-hydrogen) atoms. The minimum atomic E-state index is -1.83. The summed E-state index contributed by atoms with van der Waals surface area (Å²) in [4.78, 5) is 0. The highest BCUT2D eigenvalue weighted by Gasteiger charge is 2.32. The van der Waals surface area contributed by atoms with Crippen LogP contribution in [0.5, 0.6) is 0 Å². The Bertz CT molecular complexity index is 1040. The summed E-state index contributed by atoms with van der Waals surface area (Å²) in [5.74, 6) is 0. The van der Waals surface area contributed by atoms with Crippen LogP contribution in [0.2, 0.25) is 26.2 Å². The molecule has 0 N–H and O–H groups in total. The lowest BCUT2D eigenvalue weighted by Crippen LogP contribution is -2.55. The van der Waals surface area contributed by atoms with Gasteiger partial charge < -0.3 is 0 Å². The third-order valence-electron chi connectivity index (χ3n) is 6.48. The monoisotopic (exact) mass is 422 g/mol. The van der Waals surface area contributed by atoms with Gasteiger partial charge in [-0.05, 0) is 21.5 Å². The first-order valence-corrected chi connectivity index (χ1v) is 16.7. The summed E-state index contributed by atoms with van der Waals surface area (Å²) >= 11 is 0. The van der Waals surface area contributed by atoms with Gasteiger partial charge in [0.2, 0.25) is 0 Å². The Balaban J connectivity index is 1.91. The van der Waals surface area contributed by atoms with Gasteiger partial charge in [0.05, 0.1) is 0 Å². The van der Waals surface area contributed by atoms with E-state index in [2.05, 4.69) is 135 Å². The Morgan fingerprint density at radius 3 is 1.03 bits per heavy atom. The van der Waals surface area contributed by atoms with Gasteiger partial charge >= 0.3 is 0 Å². The molecule has 4 aromatic rings. The number of benzene rings is 4. The lowest BCUT2D eigenvalue weighted by atomic mass is 10.1. The molecule has 0 aliphatic rings. The van der Waals surface area contributed by atoms with Crippen LogP contribution in [-0.2, 0) is 0 Å². The molecule has 0 heterocycles. The van der Waals surface area contributed by atoms with Crippen molar-refractivity contribution in [1.82, 2.24) is 0 Å². The summed E-state index contributed by atoms with van der Waals surface area (Å²) in [5, 5.41) is 5.99. The van der Waals surface area contributed by atoms with E-state index in [4.69, 9.17) is 0 Å². The molecule has 0 saturated heterocycles. The van der Waals surface area contributed by atoms with Crippen molar-refractivity contribution in [3.63, 3.8) is 0 Å². The van der Waals surface area contributed by atoms with Crippen LogP contribution in [0.15, 0.2) is 109 Å². The molecule has 2 heteroatoms. The maximum Gasteiger partial charge on any atom is 0.113 e. The van der Waals surface area contributed by atoms with Crippen molar-refractivity contribution < 1.29 is 0 Å². The van der Waals surface area contributed by atoms with Crippen LogP contribution in [0.1, 0.15) is 0 Å². The van der Waals surface area contributed by atoms with Crippen molar-refractivity contribution >= 4 is 36.9 Å². The Labute approximate surface area is 183 Å². The van der Waals surface area contributed by atoms with Gasteiger partial charge in [0.1, 0.15) is 16.1 Å². The molecule has 0 amide bonds. The maximum atomic E-state index is 2.48. The second-order valence-corrected chi connectivity index (χ2v) is 17.8. The van der Waals surface area contributed by atoms with E-state index in [1.54, 1.807) is 0 Å². The Morgan fingerprint density at radius 2 is 0.667 bits per heavy atom. The summed E-state index contributed by atoms with van der Waals surface area (Å²) in [6, 6.07) is 40.3. The van der Waals surface area contributed by atoms with Gasteiger partial charge in [0.25, 0.3) is 0 Å². The van der Waals surface area contributed by atoms with E-state index in [-0.39, 0.29) is 0 Å². The standard InChI is InChI=1S/C28H30Si2/c1-29(2,23-15-7-5-8-16-23)27-21-13-11-19-25(27)26-20-12-14-22-28(26)30(3,4)24-17-9-6-10-18-24/h5-22H,1-4H3. The molecule has 150 valence electrons. The first kappa shape index (κ1) is 20.6. The van der Waals surface area contributed by atoms with Crippen molar-refractivity contribution in [1.29, 1.82) is 0 Å². The molecule has 0 aliphatic carbocycles. The topological polar surface area (TPSA) is 0 Å². The molecule has 0 unspecified atom stereocenters. The van der Waals surface area contributed by atoms with Crippen molar-refractivity contribution in [3.05, 3.63) is 109 Å². The average molecular weight is 423 g/mol. The summed E-state index contributed by atoms with van der Waals surface area (Å²) in [7, 11) is -3.66. The van der Waals surface area contributed by atoms with E-state index < -0.39 is 16.1 Å². The van der Waals surface area contributed by atoms with E-state index in [1.165, 1.54) is 31.9 Å². The van der Waals surface area contributed by atoms with Gasteiger partial charge in [0, 0.05) is 0 Å². The Morgan fingerprint density at radius 1 is 0.367 bits per heavy atom. The van der Waals surface area contributed by atoms with Gasteiger partial charge in [0.15, 0.2) is 0 Å². The first-order valence-electron chi connectivity index (χ1n) is 10.7. The number of rotatable bonds is 5. The van der Waals surface area contributed by atoms with Crippen molar-refractivity contribution in [2.45, 2.75) is 26.2 Å². The van der Waals surface area contributed by atoms with Crippen LogP contribution < -0.4 is 20.7 Å². The fraction of sp³-hybridized carbons (Fsp3) is 0.143. The molecule has 0 radical (unpaired) electrons. The maximum absolute atomic E-state index is 2.48. The fourth-order valence-electron chi connectivity index (χ4n) is 4.55. The third-order valence-corrected chi connectivity index (χ3v) is 13.6. The van der Waals surface area contributed by atoms with Gasteiger partial charge in [-0.2, -0.15) is 0 Å². The van der Waals surface area contributed by atoms with Gasteiger partial charge in [-0.1, -0.05) is 146 Å². The Hall–Kier alpha value is -2.69. The minimum Gasteiger partial charge on any atom is -0.0626 e. The van der Waals surface area contributed by atoms with Crippen LogP contribution in [0, 0.1) is 0 Å². The second kappa shape index (κ2) is 8.21. The molecule has 0 aliphatic heterocycles.